The van der Waals surface area contributed by atoms with Crippen molar-refractivity contribution in [3.63, 3.8) is 0 Å². The van der Waals surface area contributed by atoms with E-state index in [0.29, 0.717) is 5.56 Å². The second-order valence-corrected chi connectivity index (χ2v) is 9.45. The van der Waals surface area contributed by atoms with Gasteiger partial charge in [0.1, 0.15) is 11.6 Å². The molecule has 0 saturated carbocycles. The monoisotopic (exact) mass is 508 g/mol. The molecular formula is C32H38F2O3. The molecule has 3 aromatic rings. The van der Waals surface area contributed by atoms with E-state index in [1.165, 1.54) is 37.8 Å². The van der Waals surface area contributed by atoms with Gasteiger partial charge in [-0.15, -0.1) is 0 Å². The topological polar surface area (TPSA) is 35.5 Å². The van der Waals surface area contributed by atoms with Crippen molar-refractivity contribution in [2.24, 2.45) is 0 Å². The van der Waals surface area contributed by atoms with E-state index in [2.05, 4.69) is 13.8 Å². The standard InChI is InChI=1S/C32H38F2O3/c1-3-5-7-8-9-10-14-22-36-37-32(35)28-21-20-26(25-16-12-11-13-17-25)30(31(28)34)27-19-18-24(15-6-4-2)23-29(27)33/h11-13,16-21,23H,3-10,14-15,22H2,1-2H3. The molecule has 0 aromatic heterocycles. The highest BCUT2D eigenvalue weighted by molar-refractivity contribution is 5.95. The Kier molecular flexibility index (Phi) is 11.8. The third-order valence-corrected chi connectivity index (χ3v) is 6.53. The molecule has 3 aromatic carbocycles. The first kappa shape index (κ1) is 28.5. The van der Waals surface area contributed by atoms with E-state index >= 15 is 8.78 Å². The quantitative estimate of drug-likeness (QED) is 0.116. The van der Waals surface area contributed by atoms with E-state index < -0.39 is 17.6 Å². The van der Waals surface area contributed by atoms with Crippen LogP contribution < -0.4 is 0 Å². The summed E-state index contributed by atoms with van der Waals surface area (Å²) in [5, 5.41) is 0. The first-order chi connectivity index (χ1) is 18.1. The molecule has 0 aliphatic carbocycles. The van der Waals surface area contributed by atoms with E-state index in [4.69, 9.17) is 9.78 Å². The van der Waals surface area contributed by atoms with E-state index in [-0.39, 0.29) is 23.3 Å². The zero-order chi connectivity index (χ0) is 26.5. The number of hydrogen-bond acceptors (Lipinski definition) is 3. The molecule has 0 N–H and O–H groups in total. The first-order valence-corrected chi connectivity index (χ1v) is 13.6. The normalized spacial score (nSPS) is 11.0. The second kappa shape index (κ2) is 15.3. The predicted molar refractivity (Wildman–Crippen MR) is 145 cm³/mol. The number of rotatable bonds is 15. The van der Waals surface area contributed by atoms with Crippen molar-refractivity contribution < 1.29 is 23.4 Å². The summed E-state index contributed by atoms with van der Waals surface area (Å²) in [6.07, 6.45) is 10.4. The fraction of sp³-hybridized carbons (Fsp3) is 0.406. The van der Waals surface area contributed by atoms with Gasteiger partial charge in [-0.2, -0.15) is 4.89 Å². The number of aryl methyl sites for hydroxylation is 1. The van der Waals surface area contributed by atoms with E-state index in [1.54, 1.807) is 12.1 Å². The van der Waals surface area contributed by atoms with Gasteiger partial charge in [0.2, 0.25) is 0 Å². The minimum atomic E-state index is -0.929. The minimum absolute atomic E-state index is 0.0345. The van der Waals surface area contributed by atoms with Crippen LogP contribution in [0.25, 0.3) is 22.3 Å². The highest BCUT2D eigenvalue weighted by Crippen LogP contribution is 2.37. The van der Waals surface area contributed by atoms with Crippen molar-refractivity contribution in [3.05, 3.63) is 83.4 Å². The fourth-order valence-electron chi connectivity index (χ4n) is 4.41. The number of benzene rings is 3. The Bertz CT molecular complexity index is 1130. The fourth-order valence-corrected chi connectivity index (χ4v) is 4.41. The highest BCUT2D eigenvalue weighted by Gasteiger charge is 2.24. The van der Waals surface area contributed by atoms with Gasteiger partial charge in [0.05, 0.1) is 12.2 Å². The van der Waals surface area contributed by atoms with Crippen molar-refractivity contribution in [3.8, 4) is 22.3 Å². The van der Waals surface area contributed by atoms with Gasteiger partial charge in [0.15, 0.2) is 0 Å². The number of unbranched alkanes of at least 4 members (excludes halogenated alkanes) is 7. The van der Waals surface area contributed by atoms with Crippen LogP contribution in [0.5, 0.6) is 0 Å². The highest BCUT2D eigenvalue weighted by atomic mass is 19.1. The number of halogens is 2. The lowest BCUT2D eigenvalue weighted by atomic mass is 9.91. The number of carbonyl (C=O) groups excluding carboxylic acids is 1. The Morgan fingerprint density at radius 1 is 0.757 bits per heavy atom. The summed E-state index contributed by atoms with van der Waals surface area (Å²) in [6, 6.07) is 17.0. The van der Waals surface area contributed by atoms with Crippen molar-refractivity contribution in [1.82, 2.24) is 0 Å². The van der Waals surface area contributed by atoms with Crippen LogP contribution in [-0.4, -0.2) is 12.6 Å². The van der Waals surface area contributed by atoms with Gasteiger partial charge in [-0.05, 0) is 48.1 Å². The molecule has 0 spiro atoms. The van der Waals surface area contributed by atoms with E-state index in [1.807, 2.05) is 36.4 Å². The molecule has 37 heavy (non-hydrogen) atoms. The maximum atomic E-state index is 15.9. The Morgan fingerprint density at radius 3 is 2.14 bits per heavy atom. The summed E-state index contributed by atoms with van der Waals surface area (Å²) in [5.74, 6) is -2.28. The molecule has 0 aliphatic rings. The Hall–Kier alpha value is -3.05. The summed E-state index contributed by atoms with van der Waals surface area (Å²) in [5.41, 5.74) is 1.94. The lowest BCUT2D eigenvalue weighted by molar-refractivity contribution is -0.241. The molecule has 0 saturated heterocycles. The van der Waals surface area contributed by atoms with Crippen LogP contribution >= 0.6 is 0 Å². The molecule has 3 rings (SSSR count). The zero-order valence-corrected chi connectivity index (χ0v) is 22.0. The van der Waals surface area contributed by atoms with E-state index in [9.17, 15) is 4.79 Å². The first-order valence-electron chi connectivity index (χ1n) is 13.6. The molecule has 0 radical (unpaired) electrons. The van der Waals surface area contributed by atoms with Gasteiger partial charge in [0.25, 0.3) is 0 Å². The summed E-state index contributed by atoms with van der Waals surface area (Å²) < 4.78 is 31.2. The van der Waals surface area contributed by atoms with Crippen LogP contribution in [0.4, 0.5) is 8.78 Å². The largest absolute Gasteiger partial charge is 0.376 e. The van der Waals surface area contributed by atoms with Crippen LogP contribution in [-0.2, 0) is 16.2 Å². The van der Waals surface area contributed by atoms with Crippen molar-refractivity contribution in [1.29, 1.82) is 0 Å². The molecule has 0 aliphatic heterocycles. The Balaban J connectivity index is 1.78. The lowest BCUT2D eigenvalue weighted by Crippen LogP contribution is -2.10. The molecule has 0 heterocycles. The summed E-state index contributed by atoms with van der Waals surface area (Å²) in [4.78, 5) is 22.7. The smallest absolute Gasteiger partial charge is 0.293 e. The SMILES string of the molecule is CCCCCCCCCOOC(=O)c1ccc(-c2ccccc2)c(-c2ccc(CCCC)cc2F)c1F. The van der Waals surface area contributed by atoms with Crippen LogP contribution in [0.2, 0.25) is 0 Å². The molecule has 198 valence electrons. The van der Waals surface area contributed by atoms with Gasteiger partial charge >= 0.3 is 5.97 Å². The predicted octanol–water partition coefficient (Wildman–Crippen LogP) is 9.48. The van der Waals surface area contributed by atoms with Gasteiger partial charge < -0.3 is 0 Å². The molecule has 0 unspecified atom stereocenters. The lowest BCUT2D eigenvalue weighted by Gasteiger charge is -2.15. The molecule has 0 fully saturated rings. The van der Waals surface area contributed by atoms with Crippen LogP contribution in [0, 0.1) is 11.6 Å². The molecule has 3 nitrogen and oxygen atoms in total. The molecule has 0 bridgehead atoms. The third-order valence-electron chi connectivity index (χ3n) is 6.53. The van der Waals surface area contributed by atoms with Crippen molar-refractivity contribution in [2.45, 2.75) is 78.1 Å². The molecule has 0 atom stereocenters. The second-order valence-electron chi connectivity index (χ2n) is 9.45. The van der Waals surface area contributed by atoms with Gasteiger partial charge in [-0.3, -0.25) is 4.89 Å². The summed E-state index contributed by atoms with van der Waals surface area (Å²) >= 11 is 0. The average Bonchev–Trinajstić information content (AvgIpc) is 2.91. The Labute approximate surface area is 219 Å². The van der Waals surface area contributed by atoms with E-state index in [0.717, 1.165) is 49.7 Å². The van der Waals surface area contributed by atoms with Gasteiger partial charge in [0, 0.05) is 11.1 Å². The number of hydrogen-bond donors (Lipinski definition) is 0. The average molecular weight is 509 g/mol. The van der Waals surface area contributed by atoms with Crippen LogP contribution in [0.1, 0.15) is 87.6 Å². The molecule has 0 amide bonds. The van der Waals surface area contributed by atoms with Crippen LogP contribution in [0.15, 0.2) is 60.7 Å². The van der Waals surface area contributed by atoms with Crippen molar-refractivity contribution in [2.75, 3.05) is 6.61 Å². The summed E-state index contributed by atoms with van der Waals surface area (Å²) in [7, 11) is 0. The minimum Gasteiger partial charge on any atom is -0.293 e. The molecule has 5 heteroatoms. The summed E-state index contributed by atoms with van der Waals surface area (Å²) in [6.45, 7) is 4.52. The van der Waals surface area contributed by atoms with Crippen LogP contribution in [0.3, 0.4) is 0 Å². The van der Waals surface area contributed by atoms with Crippen molar-refractivity contribution >= 4 is 5.97 Å². The Morgan fingerprint density at radius 2 is 1.43 bits per heavy atom. The van der Waals surface area contributed by atoms with Gasteiger partial charge in [-0.25, -0.2) is 13.6 Å². The van der Waals surface area contributed by atoms with Gasteiger partial charge in [-0.1, -0.05) is 107 Å². The zero-order valence-electron chi connectivity index (χ0n) is 22.0. The molecular weight excluding hydrogens is 470 g/mol. The third kappa shape index (κ3) is 8.22. The maximum Gasteiger partial charge on any atom is 0.376 e. The maximum absolute atomic E-state index is 15.9. The number of carbonyl (C=O) groups is 1.